The first-order valence-electron chi connectivity index (χ1n) is 10.9. The minimum Gasteiger partial charge on any atom is -0.343 e. The van der Waals surface area contributed by atoms with Crippen molar-refractivity contribution in [3.8, 4) is 6.07 Å². The summed E-state index contributed by atoms with van der Waals surface area (Å²) in [4.78, 5) is 37.5. The number of amides is 3. The average molecular weight is 470 g/mol. The van der Waals surface area contributed by atoms with Crippen LogP contribution in [-0.4, -0.2) is 57.5 Å². The summed E-state index contributed by atoms with van der Waals surface area (Å²) < 4.78 is 28.7. The van der Waals surface area contributed by atoms with E-state index in [2.05, 4.69) is 15.7 Å². The van der Waals surface area contributed by atoms with Crippen molar-refractivity contribution in [1.82, 2.24) is 20.0 Å². The molecule has 0 unspecified atom stereocenters. The van der Waals surface area contributed by atoms with Gasteiger partial charge in [-0.25, -0.2) is 8.78 Å². The lowest BCUT2D eigenvalue weighted by molar-refractivity contribution is -0.131. The van der Waals surface area contributed by atoms with Crippen molar-refractivity contribution in [1.29, 1.82) is 5.26 Å². The third kappa shape index (κ3) is 5.39. The second kappa shape index (κ2) is 9.21. The Bertz CT molecular complexity index is 1150. The highest BCUT2D eigenvalue weighted by Crippen LogP contribution is 2.32. The second-order valence-electron chi connectivity index (χ2n) is 8.70. The van der Waals surface area contributed by atoms with E-state index in [1.54, 1.807) is 23.9 Å². The quantitative estimate of drug-likeness (QED) is 0.642. The number of nitriles is 1. The van der Waals surface area contributed by atoms with Crippen LogP contribution in [0.4, 0.5) is 14.5 Å². The Morgan fingerprint density at radius 1 is 1.24 bits per heavy atom. The molecule has 0 spiro atoms. The maximum atomic E-state index is 13.5. The molecule has 9 nitrogen and oxygen atoms in total. The lowest BCUT2D eigenvalue weighted by Gasteiger charge is -2.19. The van der Waals surface area contributed by atoms with Crippen molar-refractivity contribution in [2.24, 2.45) is 5.92 Å². The minimum absolute atomic E-state index is 0.0335. The predicted octanol–water partition coefficient (Wildman–Crippen LogP) is 2.08. The molecule has 2 aliphatic rings. The smallest absolute Gasteiger partial charge is 0.268 e. The van der Waals surface area contributed by atoms with Gasteiger partial charge in [0.2, 0.25) is 11.8 Å². The molecule has 2 heterocycles. The predicted molar refractivity (Wildman–Crippen MR) is 117 cm³/mol. The number of benzene rings is 1. The van der Waals surface area contributed by atoms with Crippen molar-refractivity contribution in [3.63, 3.8) is 0 Å². The molecule has 1 saturated heterocycles. The summed E-state index contributed by atoms with van der Waals surface area (Å²) in [5.74, 6) is -4.26. The summed E-state index contributed by atoms with van der Waals surface area (Å²) in [5, 5.41) is 18.6. The Morgan fingerprint density at radius 3 is 2.59 bits per heavy atom. The number of halogens is 2. The van der Waals surface area contributed by atoms with Crippen LogP contribution in [0.1, 0.15) is 40.9 Å². The molecular formula is C23H24F2N6O3. The number of alkyl halides is 2. The van der Waals surface area contributed by atoms with Crippen LogP contribution in [0.15, 0.2) is 30.5 Å². The van der Waals surface area contributed by atoms with Gasteiger partial charge in [0.05, 0.1) is 37.0 Å². The average Bonchev–Trinajstić information content (AvgIpc) is 3.51. The molecule has 1 aromatic heterocycles. The number of carbonyl (C=O) groups excluding carboxylic acids is 3. The normalized spacial score (nSPS) is 18.9. The molecule has 2 aromatic rings. The van der Waals surface area contributed by atoms with E-state index in [0.29, 0.717) is 12.2 Å². The van der Waals surface area contributed by atoms with E-state index >= 15 is 0 Å². The lowest BCUT2D eigenvalue weighted by atomic mass is 10.2. The van der Waals surface area contributed by atoms with Crippen LogP contribution in [-0.2, 0) is 16.1 Å². The van der Waals surface area contributed by atoms with E-state index in [9.17, 15) is 23.2 Å². The first kappa shape index (κ1) is 23.4. The van der Waals surface area contributed by atoms with Gasteiger partial charge in [-0.2, -0.15) is 10.4 Å². The molecule has 1 atom stereocenters. The van der Waals surface area contributed by atoms with Gasteiger partial charge in [0.25, 0.3) is 11.8 Å². The molecule has 1 aliphatic carbocycles. The Balaban J connectivity index is 1.32. The van der Waals surface area contributed by atoms with Gasteiger partial charge >= 0.3 is 0 Å². The van der Waals surface area contributed by atoms with Gasteiger partial charge in [0.1, 0.15) is 6.04 Å². The number of likely N-dealkylation sites (tertiary alicyclic amines) is 1. The van der Waals surface area contributed by atoms with Crippen molar-refractivity contribution >= 4 is 23.4 Å². The van der Waals surface area contributed by atoms with Crippen LogP contribution < -0.4 is 10.6 Å². The van der Waals surface area contributed by atoms with Crippen LogP contribution in [0.2, 0.25) is 0 Å². The molecular weight excluding hydrogens is 446 g/mol. The van der Waals surface area contributed by atoms with Gasteiger partial charge in [-0.3, -0.25) is 19.1 Å². The first-order chi connectivity index (χ1) is 16.1. The van der Waals surface area contributed by atoms with Crippen molar-refractivity contribution in [3.05, 3.63) is 47.3 Å². The number of carbonyl (C=O) groups is 3. The van der Waals surface area contributed by atoms with Gasteiger partial charge in [-0.15, -0.1) is 0 Å². The zero-order valence-electron chi connectivity index (χ0n) is 18.6. The molecule has 3 amide bonds. The molecule has 0 bridgehead atoms. The molecule has 4 rings (SSSR count). The summed E-state index contributed by atoms with van der Waals surface area (Å²) in [6, 6.07) is 7.82. The number of nitrogens with zero attached hydrogens (tertiary/aromatic N) is 4. The zero-order valence-corrected chi connectivity index (χ0v) is 18.6. The van der Waals surface area contributed by atoms with Crippen LogP contribution in [0.5, 0.6) is 0 Å². The standard InChI is InChI=1S/C23H24F2N6O3/c1-14-19(22(34)27-10-20(32)31-13-23(24,25)8-18(31)9-26)12-30(29-14)11-15-2-6-17(7-3-15)28-21(33)16-4-5-16/h2-3,6-7,12,16,18H,4-5,8,10-11,13H2,1H3,(H,27,34)(H,28,33)/t18-/m0/s1. The van der Waals surface area contributed by atoms with Gasteiger partial charge < -0.3 is 15.5 Å². The first-order valence-corrected chi connectivity index (χ1v) is 10.9. The number of hydrogen-bond donors (Lipinski definition) is 2. The molecule has 2 N–H and O–H groups in total. The van der Waals surface area contributed by atoms with Crippen LogP contribution in [0, 0.1) is 24.2 Å². The third-order valence-corrected chi connectivity index (χ3v) is 5.84. The Kier molecular flexibility index (Phi) is 6.32. The van der Waals surface area contributed by atoms with Crippen LogP contribution in [0.25, 0.3) is 0 Å². The summed E-state index contributed by atoms with van der Waals surface area (Å²) >= 11 is 0. The van der Waals surface area contributed by atoms with Gasteiger partial charge in [-0.05, 0) is 37.5 Å². The van der Waals surface area contributed by atoms with E-state index in [-0.39, 0.29) is 17.4 Å². The fraction of sp³-hybridized carbons (Fsp3) is 0.435. The maximum absolute atomic E-state index is 13.5. The molecule has 1 aliphatic heterocycles. The summed E-state index contributed by atoms with van der Waals surface area (Å²) in [6.45, 7) is 0.707. The zero-order chi connectivity index (χ0) is 24.5. The van der Waals surface area contributed by atoms with Gasteiger partial charge in [0, 0.05) is 24.2 Å². The summed E-state index contributed by atoms with van der Waals surface area (Å²) in [5.41, 5.74) is 2.33. The highest BCUT2D eigenvalue weighted by molar-refractivity contribution is 5.97. The SMILES string of the molecule is Cc1nn(Cc2ccc(NC(=O)C3CC3)cc2)cc1C(=O)NCC(=O)N1CC(F)(F)C[C@H]1C#N. The number of anilines is 1. The monoisotopic (exact) mass is 470 g/mol. The topological polar surface area (TPSA) is 120 Å². The van der Waals surface area contributed by atoms with E-state index in [4.69, 9.17) is 5.26 Å². The number of hydrogen-bond acceptors (Lipinski definition) is 5. The molecule has 2 fully saturated rings. The van der Waals surface area contributed by atoms with E-state index in [1.165, 1.54) is 0 Å². The Labute approximate surface area is 194 Å². The largest absolute Gasteiger partial charge is 0.343 e. The van der Waals surface area contributed by atoms with Gasteiger partial charge in [0.15, 0.2) is 0 Å². The van der Waals surface area contributed by atoms with Crippen molar-refractivity contribution in [2.45, 2.75) is 44.7 Å². The molecule has 1 aromatic carbocycles. The number of aromatic nitrogens is 2. The molecule has 178 valence electrons. The molecule has 0 radical (unpaired) electrons. The van der Waals surface area contributed by atoms with Crippen LogP contribution in [0.3, 0.4) is 0 Å². The van der Waals surface area contributed by atoms with Crippen molar-refractivity contribution < 1.29 is 23.2 Å². The summed E-state index contributed by atoms with van der Waals surface area (Å²) in [7, 11) is 0. The molecule has 34 heavy (non-hydrogen) atoms. The lowest BCUT2D eigenvalue weighted by Crippen LogP contribution is -2.43. The highest BCUT2D eigenvalue weighted by atomic mass is 19.3. The van der Waals surface area contributed by atoms with Crippen molar-refractivity contribution in [2.75, 3.05) is 18.4 Å². The fourth-order valence-electron chi connectivity index (χ4n) is 3.84. The Morgan fingerprint density at radius 2 is 1.94 bits per heavy atom. The number of aryl methyl sites for hydroxylation is 1. The minimum atomic E-state index is -3.11. The molecule has 11 heteroatoms. The van der Waals surface area contributed by atoms with E-state index in [1.807, 2.05) is 24.3 Å². The van der Waals surface area contributed by atoms with E-state index < -0.39 is 43.3 Å². The summed E-state index contributed by atoms with van der Waals surface area (Å²) in [6.07, 6.45) is 2.70. The maximum Gasteiger partial charge on any atom is 0.268 e. The Hall–Kier alpha value is -3.81. The third-order valence-electron chi connectivity index (χ3n) is 5.84. The number of rotatable bonds is 7. The van der Waals surface area contributed by atoms with E-state index in [0.717, 1.165) is 29.0 Å². The molecule has 1 saturated carbocycles. The second-order valence-corrected chi connectivity index (χ2v) is 8.70. The van der Waals surface area contributed by atoms with Gasteiger partial charge in [-0.1, -0.05) is 12.1 Å². The fourth-order valence-corrected chi connectivity index (χ4v) is 3.84. The number of nitrogens with one attached hydrogen (secondary N) is 2. The highest BCUT2D eigenvalue weighted by Gasteiger charge is 2.47. The van der Waals surface area contributed by atoms with Crippen LogP contribution >= 0.6 is 0 Å².